The van der Waals surface area contributed by atoms with Crippen LogP contribution in [0.1, 0.15) is 21.5 Å². The van der Waals surface area contributed by atoms with Crippen molar-refractivity contribution in [2.75, 3.05) is 0 Å². The second kappa shape index (κ2) is 6.05. The van der Waals surface area contributed by atoms with Gasteiger partial charge in [0, 0.05) is 22.2 Å². The summed E-state index contributed by atoms with van der Waals surface area (Å²) in [6, 6.07) is 7.98. The molecular formula is C14H12BrCl2N. The van der Waals surface area contributed by atoms with Gasteiger partial charge in [0.1, 0.15) is 0 Å². The predicted octanol–water partition coefficient (Wildman–Crippen LogP) is 5.38. The van der Waals surface area contributed by atoms with E-state index in [1.807, 2.05) is 31.2 Å². The zero-order valence-electron chi connectivity index (χ0n) is 9.83. The molecule has 0 aliphatic heterocycles. The van der Waals surface area contributed by atoms with Crippen LogP contribution in [-0.4, -0.2) is 4.98 Å². The Hall–Kier alpha value is -0.570. The third-order valence-electron chi connectivity index (χ3n) is 2.81. The Morgan fingerprint density at radius 3 is 2.78 bits per heavy atom. The van der Waals surface area contributed by atoms with E-state index in [4.69, 9.17) is 23.2 Å². The molecule has 2 rings (SSSR count). The van der Waals surface area contributed by atoms with Crippen molar-refractivity contribution in [2.45, 2.75) is 18.2 Å². The number of aromatic nitrogens is 1. The van der Waals surface area contributed by atoms with Crippen LogP contribution in [0.2, 0.25) is 10.0 Å². The molecule has 0 saturated heterocycles. The number of pyridine rings is 1. The van der Waals surface area contributed by atoms with Gasteiger partial charge in [-0.05, 0) is 36.1 Å². The number of hydrogen-bond donors (Lipinski definition) is 0. The minimum Gasteiger partial charge on any atom is -0.263 e. The maximum atomic E-state index is 6.32. The number of nitrogens with zero attached hydrogens (tertiary/aromatic N) is 1. The van der Waals surface area contributed by atoms with Crippen LogP contribution in [0.3, 0.4) is 0 Å². The van der Waals surface area contributed by atoms with Gasteiger partial charge in [-0.3, -0.25) is 4.98 Å². The van der Waals surface area contributed by atoms with Crippen LogP contribution in [0, 0.1) is 6.92 Å². The maximum absolute atomic E-state index is 6.32. The zero-order valence-corrected chi connectivity index (χ0v) is 12.9. The smallest absolute Gasteiger partial charge is 0.0621 e. The summed E-state index contributed by atoms with van der Waals surface area (Å²) >= 11 is 16.1. The minimum atomic E-state index is 0.143. The van der Waals surface area contributed by atoms with Gasteiger partial charge in [0.05, 0.1) is 5.02 Å². The van der Waals surface area contributed by atoms with Crippen LogP contribution < -0.4 is 0 Å². The van der Waals surface area contributed by atoms with Crippen LogP contribution in [0.25, 0.3) is 0 Å². The Balaban J connectivity index is 2.25. The van der Waals surface area contributed by atoms with Crippen molar-refractivity contribution in [1.82, 2.24) is 4.98 Å². The van der Waals surface area contributed by atoms with E-state index < -0.39 is 0 Å². The van der Waals surface area contributed by atoms with Crippen LogP contribution in [0.15, 0.2) is 36.7 Å². The highest BCUT2D eigenvalue weighted by molar-refractivity contribution is 9.09. The van der Waals surface area contributed by atoms with Crippen LogP contribution >= 0.6 is 39.1 Å². The normalized spacial score (nSPS) is 12.4. The Labute approximate surface area is 125 Å². The molecule has 0 fully saturated rings. The topological polar surface area (TPSA) is 12.9 Å². The number of halogens is 3. The van der Waals surface area contributed by atoms with Gasteiger partial charge in [-0.2, -0.15) is 0 Å². The summed E-state index contributed by atoms with van der Waals surface area (Å²) in [7, 11) is 0. The van der Waals surface area contributed by atoms with Gasteiger partial charge in [-0.1, -0.05) is 57.3 Å². The van der Waals surface area contributed by atoms with Gasteiger partial charge in [0.25, 0.3) is 0 Å². The minimum absolute atomic E-state index is 0.143. The molecule has 0 radical (unpaired) electrons. The molecule has 0 N–H and O–H groups in total. The van der Waals surface area contributed by atoms with Gasteiger partial charge >= 0.3 is 0 Å². The largest absolute Gasteiger partial charge is 0.263 e. The van der Waals surface area contributed by atoms with Crippen molar-refractivity contribution < 1.29 is 0 Å². The van der Waals surface area contributed by atoms with E-state index in [0.717, 1.165) is 28.1 Å². The van der Waals surface area contributed by atoms with Gasteiger partial charge in [0.2, 0.25) is 0 Å². The van der Waals surface area contributed by atoms with E-state index in [1.54, 1.807) is 12.4 Å². The summed E-state index contributed by atoms with van der Waals surface area (Å²) in [5, 5.41) is 1.50. The summed E-state index contributed by atoms with van der Waals surface area (Å²) < 4.78 is 0. The monoisotopic (exact) mass is 343 g/mol. The van der Waals surface area contributed by atoms with Crippen molar-refractivity contribution in [3.05, 3.63) is 63.4 Å². The first kappa shape index (κ1) is 13.9. The van der Waals surface area contributed by atoms with Crippen molar-refractivity contribution in [3.8, 4) is 0 Å². The molecule has 0 bridgehead atoms. The highest BCUT2D eigenvalue weighted by Gasteiger charge is 2.14. The first-order valence-electron chi connectivity index (χ1n) is 5.57. The third-order valence-corrected chi connectivity index (χ3v) is 4.49. The molecule has 94 valence electrons. The van der Waals surface area contributed by atoms with Gasteiger partial charge in [0.15, 0.2) is 0 Å². The van der Waals surface area contributed by atoms with Crippen molar-refractivity contribution >= 4 is 39.1 Å². The van der Waals surface area contributed by atoms with Crippen LogP contribution in [-0.2, 0) is 6.42 Å². The first-order chi connectivity index (χ1) is 8.59. The van der Waals surface area contributed by atoms with E-state index >= 15 is 0 Å². The van der Waals surface area contributed by atoms with Crippen molar-refractivity contribution in [1.29, 1.82) is 0 Å². The molecule has 0 spiro atoms. The highest BCUT2D eigenvalue weighted by Crippen LogP contribution is 2.35. The Kier molecular flexibility index (Phi) is 4.66. The second-order valence-corrected chi connectivity index (χ2v) is 6.01. The van der Waals surface area contributed by atoms with E-state index in [9.17, 15) is 0 Å². The molecule has 2 aromatic rings. The molecule has 1 atom stereocenters. The highest BCUT2D eigenvalue weighted by atomic mass is 79.9. The maximum Gasteiger partial charge on any atom is 0.0621 e. The summed E-state index contributed by atoms with van der Waals surface area (Å²) in [6.45, 7) is 2.00. The molecule has 0 saturated carbocycles. The number of benzene rings is 1. The van der Waals surface area contributed by atoms with Gasteiger partial charge in [-0.15, -0.1) is 0 Å². The molecule has 0 aliphatic rings. The van der Waals surface area contributed by atoms with Gasteiger partial charge < -0.3 is 0 Å². The zero-order chi connectivity index (χ0) is 13.1. The molecular weight excluding hydrogens is 333 g/mol. The lowest BCUT2D eigenvalue weighted by atomic mass is 10.0. The lowest BCUT2D eigenvalue weighted by Crippen LogP contribution is -1.98. The van der Waals surface area contributed by atoms with E-state index in [1.165, 1.54) is 0 Å². The first-order valence-corrected chi connectivity index (χ1v) is 7.24. The molecule has 1 aromatic carbocycles. The van der Waals surface area contributed by atoms with Crippen molar-refractivity contribution in [3.63, 3.8) is 0 Å². The molecule has 1 nitrogen and oxygen atoms in total. The fourth-order valence-electron chi connectivity index (χ4n) is 1.78. The average molecular weight is 345 g/mol. The van der Waals surface area contributed by atoms with Gasteiger partial charge in [-0.25, -0.2) is 0 Å². The molecule has 1 heterocycles. The standard InChI is InChI=1S/C14H12BrCl2N/c1-9-3-2-4-11(14(9)17)12(15)7-10-5-6-18-8-13(10)16/h2-6,8,12H,7H2,1H3. The molecule has 4 heteroatoms. The lowest BCUT2D eigenvalue weighted by Gasteiger charge is -2.14. The average Bonchev–Trinajstić information content (AvgIpc) is 2.35. The quantitative estimate of drug-likeness (QED) is 0.681. The summed E-state index contributed by atoms with van der Waals surface area (Å²) in [5.41, 5.74) is 3.23. The predicted molar refractivity (Wildman–Crippen MR) is 80.8 cm³/mol. The molecule has 1 aromatic heterocycles. The van der Waals surface area contributed by atoms with E-state index in [2.05, 4.69) is 20.9 Å². The van der Waals surface area contributed by atoms with Crippen LogP contribution in [0.5, 0.6) is 0 Å². The van der Waals surface area contributed by atoms with Crippen LogP contribution in [0.4, 0.5) is 0 Å². The number of hydrogen-bond acceptors (Lipinski definition) is 1. The molecule has 0 amide bonds. The second-order valence-electron chi connectivity index (χ2n) is 4.12. The molecule has 1 unspecified atom stereocenters. The lowest BCUT2D eigenvalue weighted by molar-refractivity contribution is 0.943. The fraction of sp³-hybridized carbons (Fsp3) is 0.214. The summed E-state index contributed by atoms with van der Waals surface area (Å²) in [4.78, 5) is 4.13. The molecule has 18 heavy (non-hydrogen) atoms. The van der Waals surface area contributed by atoms with E-state index in [0.29, 0.717) is 5.02 Å². The Bertz CT molecular complexity index is 557. The molecule has 0 aliphatic carbocycles. The number of aryl methyl sites for hydroxylation is 1. The SMILES string of the molecule is Cc1cccc(C(Br)Cc2ccncc2Cl)c1Cl. The summed E-state index contributed by atoms with van der Waals surface area (Å²) in [5.74, 6) is 0. The van der Waals surface area contributed by atoms with Crippen molar-refractivity contribution in [2.24, 2.45) is 0 Å². The van der Waals surface area contributed by atoms with E-state index in [-0.39, 0.29) is 4.83 Å². The Morgan fingerprint density at radius 1 is 1.28 bits per heavy atom. The number of alkyl halides is 1. The fourth-order valence-corrected chi connectivity index (χ4v) is 3.10. The Morgan fingerprint density at radius 2 is 2.06 bits per heavy atom. The third kappa shape index (κ3) is 3.05. The number of rotatable bonds is 3. The summed E-state index contributed by atoms with van der Waals surface area (Å²) in [6.07, 6.45) is 4.19.